The van der Waals surface area contributed by atoms with Gasteiger partial charge in [-0.1, -0.05) is 28.4 Å². The van der Waals surface area contributed by atoms with Crippen LogP contribution in [0.4, 0.5) is 11.5 Å². The number of carbonyl (C=O) groups is 1. The molecule has 0 spiro atoms. The van der Waals surface area contributed by atoms with Crippen molar-refractivity contribution in [1.82, 2.24) is 25.2 Å². The van der Waals surface area contributed by atoms with Crippen molar-refractivity contribution in [2.24, 2.45) is 0 Å². The molecule has 0 bridgehead atoms. The Morgan fingerprint density at radius 2 is 2.12 bits per heavy atom. The zero-order valence-electron chi connectivity index (χ0n) is 17.2. The molecule has 11 heteroatoms. The molecule has 32 heavy (non-hydrogen) atoms. The number of nitrogens with two attached hydrogens (primary N) is 1. The number of nitrogens with zero attached hydrogens (tertiary/aromatic N) is 5. The summed E-state index contributed by atoms with van der Waals surface area (Å²) < 4.78 is 6.91. The Bertz CT molecular complexity index is 1330. The molecule has 0 aliphatic carbocycles. The average molecular weight is 472 g/mol. The number of hydrogen-bond acceptors (Lipinski definition) is 7. The summed E-state index contributed by atoms with van der Waals surface area (Å²) in [6.07, 6.45) is 4.92. The highest BCUT2D eigenvalue weighted by atomic mass is 35.5. The predicted molar refractivity (Wildman–Crippen MR) is 124 cm³/mol. The van der Waals surface area contributed by atoms with Gasteiger partial charge in [-0.3, -0.25) is 4.79 Å². The third-order valence-electron chi connectivity index (χ3n) is 4.74. The highest BCUT2D eigenvalue weighted by molar-refractivity contribution is 6.34. The Morgan fingerprint density at radius 3 is 2.84 bits per heavy atom. The van der Waals surface area contributed by atoms with Crippen LogP contribution in [-0.4, -0.2) is 39.4 Å². The summed E-state index contributed by atoms with van der Waals surface area (Å²) >= 11 is 12.5. The minimum absolute atomic E-state index is 0.279. The van der Waals surface area contributed by atoms with E-state index in [-0.39, 0.29) is 11.7 Å². The van der Waals surface area contributed by atoms with Crippen molar-refractivity contribution in [2.45, 2.75) is 6.92 Å². The number of aryl methyl sites for hydroxylation is 1. The Balaban J connectivity index is 1.41. The number of nitrogen functional groups attached to an aromatic ring is 1. The molecular formula is C21H19Cl2N7O2. The van der Waals surface area contributed by atoms with Gasteiger partial charge in [-0.05, 0) is 43.3 Å². The molecule has 0 atom stereocenters. The lowest BCUT2D eigenvalue weighted by atomic mass is 10.2. The lowest BCUT2D eigenvalue weighted by Gasteiger charge is -2.17. The van der Waals surface area contributed by atoms with Crippen LogP contribution in [-0.2, 0) is 0 Å². The van der Waals surface area contributed by atoms with Crippen molar-refractivity contribution >= 4 is 51.6 Å². The first kappa shape index (κ1) is 21.7. The molecule has 0 fully saturated rings. The lowest BCUT2D eigenvalue weighted by molar-refractivity contribution is 0.0970. The van der Waals surface area contributed by atoms with E-state index in [4.69, 9.17) is 33.5 Å². The zero-order valence-corrected chi connectivity index (χ0v) is 18.7. The topological polar surface area (TPSA) is 115 Å². The van der Waals surface area contributed by atoms with E-state index in [1.54, 1.807) is 60.5 Å². The number of aromatic nitrogens is 4. The van der Waals surface area contributed by atoms with Crippen molar-refractivity contribution in [1.29, 1.82) is 0 Å². The fourth-order valence-corrected chi connectivity index (χ4v) is 3.59. The summed E-state index contributed by atoms with van der Waals surface area (Å²) in [5.74, 6) is 0.591. The van der Waals surface area contributed by atoms with E-state index in [9.17, 15) is 4.79 Å². The Labute approximate surface area is 193 Å². The van der Waals surface area contributed by atoms with Crippen LogP contribution in [0.15, 0.2) is 53.5 Å². The smallest absolute Gasteiger partial charge is 0.256 e. The van der Waals surface area contributed by atoms with Crippen molar-refractivity contribution in [3.05, 3.63) is 70.4 Å². The Morgan fingerprint density at radius 1 is 1.31 bits per heavy atom. The molecule has 0 aliphatic rings. The molecule has 9 nitrogen and oxygen atoms in total. The van der Waals surface area contributed by atoms with Gasteiger partial charge in [-0.25, -0.2) is 9.67 Å². The van der Waals surface area contributed by atoms with Crippen LogP contribution in [0.25, 0.3) is 16.7 Å². The molecule has 0 aliphatic heterocycles. The molecule has 0 radical (unpaired) electrons. The van der Waals surface area contributed by atoms with E-state index < -0.39 is 0 Å². The Hall–Kier alpha value is -3.56. The summed E-state index contributed by atoms with van der Waals surface area (Å²) in [7, 11) is 1.86. The minimum atomic E-state index is -0.330. The van der Waals surface area contributed by atoms with Crippen LogP contribution in [0.2, 0.25) is 10.0 Å². The first-order chi connectivity index (χ1) is 15.3. The van der Waals surface area contributed by atoms with E-state index in [0.717, 1.165) is 5.69 Å². The van der Waals surface area contributed by atoms with Crippen LogP contribution < -0.4 is 16.0 Å². The summed E-state index contributed by atoms with van der Waals surface area (Å²) in [5, 5.41) is 12.2. The second-order valence-corrected chi connectivity index (χ2v) is 7.87. The number of amides is 1. The molecule has 0 saturated carbocycles. The third kappa shape index (κ3) is 4.39. The van der Waals surface area contributed by atoms with Gasteiger partial charge in [0.2, 0.25) is 0 Å². The predicted octanol–water partition coefficient (Wildman–Crippen LogP) is 3.99. The maximum Gasteiger partial charge on any atom is 0.256 e. The second kappa shape index (κ2) is 8.89. The van der Waals surface area contributed by atoms with E-state index in [1.165, 1.54) is 0 Å². The number of rotatable bonds is 6. The van der Waals surface area contributed by atoms with Crippen molar-refractivity contribution < 1.29 is 9.32 Å². The molecule has 164 valence electrons. The number of carbonyl (C=O) groups excluding carboxylic acids is 1. The minimum Gasteiger partial charge on any atom is -0.380 e. The van der Waals surface area contributed by atoms with Gasteiger partial charge in [0.05, 0.1) is 27.3 Å². The fourth-order valence-electron chi connectivity index (χ4n) is 3.12. The van der Waals surface area contributed by atoms with Crippen molar-refractivity contribution in [3.8, 4) is 5.69 Å². The van der Waals surface area contributed by atoms with E-state index >= 15 is 0 Å². The number of anilines is 2. The van der Waals surface area contributed by atoms with Gasteiger partial charge in [0.15, 0.2) is 11.4 Å². The van der Waals surface area contributed by atoms with Gasteiger partial charge >= 0.3 is 0 Å². The molecule has 4 rings (SSSR count). The van der Waals surface area contributed by atoms with Gasteiger partial charge in [0, 0.05) is 24.8 Å². The molecule has 2 aromatic carbocycles. The first-order valence-electron chi connectivity index (χ1n) is 9.53. The normalized spacial score (nSPS) is 11.4. The molecular weight excluding hydrogens is 453 g/mol. The number of halogens is 2. The number of hydrogen-bond donors (Lipinski definition) is 2. The summed E-state index contributed by atoms with van der Waals surface area (Å²) in [5.41, 5.74) is 8.15. The van der Waals surface area contributed by atoms with Crippen molar-refractivity contribution in [3.63, 3.8) is 0 Å². The van der Waals surface area contributed by atoms with Crippen molar-refractivity contribution in [2.75, 3.05) is 24.2 Å². The number of likely N-dealkylation sites (N-methyl/N-ethyl adjacent to an activating group) is 1. The van der Waals surface area contributed by atoms with Crippen LogP contribution in [0, 0.1) is 6.92 Å². The molecule has 2 aromatic heterocycles. The SMILES string of the molecule is Cc1ncn(-c2ccc(C(=O)N/C=C/CN(C)c3cc(Cl)cc4c(N)noc34)c(Cl)c2)n1. The lowest BCUT2D eigenvalue weighted by Crippen LogP contribution is -2.20. The van der Waals surface area contributed by atoms with Crippen LogP contribution in [0.5, 0.6) is 0 Å². The quantitative estimate of drug-likeness (QED) is 0.436. The molecule has 0 saturated heterocycles. The van der Waals surface area contributed by atoms with Gasteiger partial charge in [0.1, 0.15) is 12.2 Å². The highest BCUT2D eigenvalue weighted by Crippen LogP contribution is 2.33. The summed E-state index contributed by atoms with van der Waals surface area (Å²) in [6.45, 7) is 2.26. The summed E-state index contributed by atoms with van der Waals surface area (Å²) in [4.78, 5) is 18.5. The molecule has 0 unspecified atom stereocenters. The van der Waals surface area contributed by atoms with E-state index in [0.29, 0.717) is 44.6 Å². The standard InChI is InChI=1S/C21H19Cl2N7O2/c1-12-26-11-30(27-12)14-4-5-15(17(23)10-14)21(31)25-6-3-7-29(2)18-9-13(22)8-16-19(18)32-28-20(16)24/h3-6,8-11H,7H2,1-2H3,(H2,24,28)(H,25,31)/b6-3+. The van der Waals surface area contributed by atoms with Crippen LogP contribution in [0.1, 0.15) is 16.2 Å². The van der Waals surface area contributed by atoms with Crippen LogP contribution in [0.3, 0.4) is 0 Å². The Kier molecular flexibility index (Phi) is 6.02. The molecule has 4 aromatic rings. The molecule has 3 N–H and O–H groups in total. The maximum atomic E-state index is 12.5. The highest BCUT2D eigenvalue weighted by Gasteiger charge is 2.15. The number of benzene rings is 2. The van der Waals surface area contributed by atoms with Gasteiger partial charge in [-0.2, -0.15) is 5.10 Å². The maximum absolute atomic E-state index is 12.5. The molecule has 1 amide bonds. The second-order valence-electron chi connectivity index (χ2n) is 7.03. The third-order valence-corrected chi connectivity index (χ3v) is 5.27. The van der Waals surface area contributed by atoms with E-state index in [2.05, 4.69) is 20.6 Å². The molecule has 2 heterocycles. The van der Waals surface area contributed by atoms with Gasteiger partial charge in [0.25, 0.3) is 5.91 Å². The first-order valence-corrected chi connectivity index (χ1v) is 10.3. The van der Waals surface area contributed by atoms with Crippen LogP contribution >= 0.6 is 23.2 Å². The van der Waals surface area contributed by atoms with Gasteiger partial charge in [-0.15, -0.1) is 0 Å². The van der Waals surface area contributed by atoms with E-state index in [1.807, 2.05) is 11.9 Å². The average Bonchev–Trinajstić information content (AvgIpc) is 3.36. The summed E-state index contributed by atoms with van der Waals surface area (Å²) in [6, 6.07) is 8.52. The monoisotopic (exact) mass is 471 g/mol. The number of fused-ring (bicyclic) bond motifs is 1. The largest absolute Gasteiger partial charge is 0.380 e. The zero-order chi connectivity index (χ0) is 22.8. The van der Waals surface area contributed by atoms with Gasteiger partial charge < -0.3 is 20.5 Å². The number of nitrogens with one attached hydrogen (secondary N) is 1. The fraction of sp³-hybridized carbons (Fsp3) is 0.143.